The lowest BCUT2D eigenvalue weighted by Crippen LogP contribution is -2.42. The zero-order chi connectivity index (χ0) is 17.6. The van der Waals surface area contributed by atoms with Gasteiger partial charge in [-0.05, 0) is 30.2 Å². The number of carbonyl (C=O) groups excluding carboxylic acids is 2. The first-order chi connectivity index (χ1) is 12.1. The molecule has 1 heterocycles. The molecule has 0 bridgehead atoms. The van der Waals surface area contributed by atoms with Gasteiger partial charge in [-0.2, -0.15) is 0 Å². The van der Waals surface area contributed by atoms with E-state index >= 15 is 0 Å². The number of carbonyl (C=O) groups is 2. The Bertz CT molecular complexity index is 731. The summed E-state index contributed by atoms with van der Waals surface area (Å²) in [6.45, 7) is 3.95. The van der Waals surface area contributed by atoms with E-state index in [0.29, 0.717) is 31.9 Å². The maximum atomic E-state index is 12.1. The highest BCUT2D eigenvalue weighted by Gasteiger charge is 2.18. The van der Waals surface area contributed by atoms with Gasteiger partial charge in [0, 0.05) is 13.1 Å². The summed E-state index contributed by atoms with van der Waals surface area (Å²) in [7, 11) is 0. The Hall–Kier alpha value is -2.66. The molecular formula is C20H21NO4. The molecule has 0 spiro atoms. The Morgan fingerprint density at radius 3 is 2.12 bits per heavy atom. The SMILES string of the molecule is Cc1ccc(-c2ccc(C(=O)OCC(=O)N3CCOCC3)cc2)cc1. The second-order valence-corrected chi connectivity index (χ2v) is 6.01. The molecule has 25 heavy (non-hydrogen) atoms. The van der Waals surface area contributed by atoms with Crippen LogP contribution in [0, 0.1) is 6.92 Å². The summed E-state index contributed by atoms with van der Waals surface area (Å²) < 4.78 is 10.3. The van der Waals surface area contributed by atoms with Crippen molar-refractivity contribution < 1.29 is 19.1 Å². The van der Waals surface area contributed by atoms with Crippen molar-refractivity contribution in [1.29, 1.82) is 0 Å². The van der Waals surface area contributed by atoms with Gasteiger partial charge in [0.05, 0.1) is 18.8 Å². The van der Waals surface area contributed by atoms with Crippen molar-refractivity contribution in [2.45, 2.75) is 6.92 Å². The molecule has 5 nitrogen and oxygen atoms in total. The number of aryl methyl sites for hydroxylation is 1. The summed E-state index contributed by atoms with van der Waals surface area (Å²) in [6.07, 6.45) is 0. The third-order valence-corrected chi connectivity index (χ3v) is 4.20. The van der Waals surface area contributed by atoms with Gasteiger partial charge < -0.3 is 14.4 Å². The van der Waals surface area contributed by atoms with Gasteiger partial charge in [0.1, 0.15) is 0 Å². The van der Waals surface area contributed by atoms with Crippen molar-refractivity contribution in [3.05, 3.63) is 59.7 Å². The van der Waals surface area contributed by atoms with Crippen LogP contribution in [0.15, 0.2) is 48.5 Å². The first-order valence-electron chi connectivity index (χ1n) is 8.33. The van der Waals surface area contributed by atoms with Crippen LogP contribution in [0.4, 0.5) is 0 Å². The van der Waals surface area contributed by atoms with Gasteiger partial charge in [0.25, 0.3) is 5.91 Å². The molecule has 0 atom stereocenters. The van der Waals surface area contributed by atoms with E-state index in [2.05, 4.69) is 12.1 Å². The summed E-state index contributed by atoms with van der Waals surface area (Å²) in [5.74, 6) is -0.676. The summed E-state index contributed by atoms with van der Waals surface area (Å²) in [5, 5.41) is 0. The summed E-state index contributed by atoms with van der Waals surface area (Å²) in [6, 6.07) is 15.4. The van der Waals surface area contributed by atoms with E-state index < -0.39 is 5.97 Å². The highest BCUT2D eigenvalue weighted by Crippen LogP contribution is 2.20. The Morgan fingerprint density at radius 2 is 1.52 bits per heavy atom. The fourth-order valence-electron chi connectivity index (χ4n) is 2.66. The zero-order valence-electron chi connectivity index (χ0n) is 14.2. The van der Waals surface area contributed by atoms with Crippen LogP contribution in [-0.4, -0.2) is 49.7 Å². The fraction of sp³-hybridized carbons (Fsp3) is 0.300. The number of ether oxygens (including phenoxy) is 2. The quantitative estimate of drug-likeness (QED) is 0.804. The summed E-state index contributed by atoms with van der Waals surface area (Å²) in [4.78, 5) is 25.8. The van der Waals surface area contributed by atoms with Crippen LogP contribution in [0.3, 0.4) is 0 Å². The molecule has 1 fully saturated rings. The molecule has 0 aliphatic carbocycles. The van der Waals surface area contributed by atoms with Crippen molar-refractivity contribution in [3.63, 3.8) is 0 Å². The Balaban J connectivity index is 1.57. The highest BCUT2D eigenvalue weighted by atomic mass is 16.5. The van der Waals surface area contributed by atoms with Crippen LogP contribution >= 0.6 is 0 Å². The Morgan fingerprint density at radius 1 is 0.960 bits per heavy atom. The van der Waals surface area contributed by atoms with Crippen molar-refractivity contribution >= 4 is 11.9 Å². The molecule has 130 valence electrons. The van der Waals surface area contributed by atoms with Crippen LogP contribution in [-0.2, 0) is 14.3 Å². The smallest absolute Gasteiger partial charge is 0.338 e. The normalized spacial score (nSPS) is 14.2. The minimum Gasteiger partial charge on any atom is -0.452 e. The molecule has 0 aromatic heterocycles. The number of hydrogen-bond acceptors (Lipinski definition) is 4. The van der Waals surface area contributed by atoms with Gasteiger partial charge >= 0.3 is 5.97 Å². The van der Waals surface area contributed by atoms with Crippen LogP contribution in [0.25, 0.3) is 11.1 Å². The second kappa shape index (κ2) is 7.94. The van der Waals surface area contributed by atoms with E-state index in [1.165, 1.54) is 5.56 Å². The van der Waals surface area contributed by atoms with Gasteiger partial charge in [-0.1, -0.05) is 42.0 Å². The lowest BCUT2D eigenvalue weighted by atomic mass is 10.0. The fourth-order valence-corrected chi connectivity index (χ4v) is 2.66. The number of nitrogens with zero attached hydrogens (tertiary/aromatic N) is 1. The first-order valence-corrected chi connectivity index (χ1v) is 8.33. The Labute approximate surface area is 147 Å². The van der Waals surface area contributed by atoms with Gasteiger partial charge in [-0.15, -0.1) is 0 Å². The van der Waals surface area contributed by atoms with E-state index in [1.54, 1.807) is 17.0 Å². The zero-order valence-corrected chi connectivity index (χ0v) is 14.2. The molecule has 1 aliphatic heterocycles. The predicted octanol–water partition coefficient (Wildman–Crippen LogP) is 2.68. The van der Waals surface area contributed by atoms with Crippen LogP contribution in [0.1, 0.15) is 15.9 Å². The minimum absolute atomic E-state index is 0.187. The van der Waals surface area contributed by atoms with Crippen molar-refractivity contribution in [3.8, 4) is 11.1 Å². The van der Waals surface area contributed by atoms with Gasteiger partial charge in [0.2, 0.25) is 0 Å². The molecule has 5 heteroatoms. The average Bonchev–Trinajstić information content (AvgIpc) is 2.67. The van der Waals surface area contributed by atoms with E-state index in [1.807, 2.05) is 31.2 Å². The third kappa shape index (κ3) is 4.45. The van der Waals surface area contributed by atoms with Crippen LogP contribution in [0.5, 0.6) is 0 Å². The van der Waals surface area contributed by atoms with E-state index in [9.17, 15) is 9.59 Å². The number of morpholine rings is 1. The number of hydrogen-bond donors (Lipinski definition) is 0. The third-order valence-electron chi connectivity index (χ3n) is 4.20. The first kappa shape index (κ1) is 17.2. The maximum Gasteiger partial charge on any atom is 0.338 e. The standard InChI is InChI=1S/C20H21NO4/c1-15-2-4-16(5-3-15)17-6-8-18(9-7-17)20(23)25-14-19(22)21-10-12-24-13-11-21/h2-9H,10-14H2,1H3. The van der Waals surface area contributed by atoms with Gasteiger partial charge in [-0.25, -0.2) is 4.79 Å². The number of amides is 1. The van der Waals surface area contributed by atoms with E-state index in [0.717, 1.165) is 11.1 Å². The molecule has 2 aromatic rings. The van der Waals surface area contributed by atoms with Crippen molar-refractivity contribution in [2.24, 2.45) is 0 Å². The molecule has 0 unspecified atom stereocenters. The van der Waals surface area contributed by atoms with E-state index in [-0.39, 0.29) is 12.5 Å². The largest absolute Gasteiger partial charge is 0.452 e. The highest BCUT2D eigenvalue weighted by molar-refractivity contribution is 5.91. The summed E-state index contributed by atoms with van der Waals surface area (Å²) in [5.41, 5.74) is 3.76. The number of esters is 1. The maximum absolute atomic E-state index is 12.1. The molecule has 0 radical (unpaired) electrons. The molecule has 1 aliphatic rings. The number of rotatable bonds is 4. The van der Waals surface area contributed by atoms with Crippen LogP contribution < -0.4 is 0 Å². The van der Waals surface area contributed by atoms with Crippen molar-refractivity contribution in [2.75, 3.05) is 32.9 Å². The van der Waals surface area contributed by atoms with Gasteiger partial charge in [-0.3, -0.25) is 4.79 Å². The minimum atomic E-state index is -0.489. The topological polar surface area (TPSA) is 55.8 Å². The second-order valence-electron chi connectivity index (χ2n) is 6.01. The molecule has 1 saturated heterocycles. The monoisotopic (exact) mass is 339 g/mol. The summed E-state index contributed by atoms with van der Waals surface area (Å²) >= 11 is 0. The van der Waals surface area contributed by atoms with Crippen LogP contribution in [0.2, 0.25) is 0 Å². The average molecular weight is 339 g/mol. The van der Waals surface area contributed by atoms with E-state index in [4.69, 9.17) is 9.47 Å². The molecule has 1 amide bonds. The molecule has 2 aromatic carbocycles. The Kier molecular flexibility index (Phi) is 5.46. The number of benzene rings is 2. The van der Waals surface area contributed by atoms with Crippen molar-refractivity contribution in [1.82, 2.24) is 4.90 Å². The molecule has 3 rings (SSSR count). The van der Waals surface area contributed by atoms with Gasteiger partial charge in [0.15, 0.2) is 6.61 Å². The molecule has 0 N–H and O–H groups in total. The predicted molar refractivity (Wildman–Crippen MR) is 94.3 cm³/mol. The lowest BCUT2D eigenvalue weighted by Gasteiger charge is -2.26. The molecular weight excluding hydrogens is 318 g/mol. The molecule has 0 saturated carbocycles. The lowest BCUT2D eigenvalue weighted by molar-refractivity contribution is -0.138.